The first kappa shape index (κ1) is 29.4. The van der Waals surface area contributed by atoms with Gasteiger partial charge in [0, 0.05) is 56.0 Å². The van der Waals surface area contributed by atoms with E-state index in [1.54, 1.807) is 0 Å². The summed E-state index contributed by atoms with van der Waals surface area (Å²) in [5.41, 5.74) is 3.11. The van der Waals surface area contributed by atoms with Crippen molar-refractivity contribution in [1.29, 1.82) is 0 Å². The van der Waals surface area contributed by atoms with E-state index in [1.165, 1.54) is 35.4 Å². The van der Waals surface area contributed by atoms with Gasteiger partial charge in [-0.25, -0.2) is 9.59 Å². The number of carboxylic acid groups (broad SMARTS) is 2. The minimum Gasteiger partial charge on any atom is -0.478 e. The van der Waals surface area contributed by atoms with Gasteiger partial charge >= 0.3 is 11.9 Å². The molecule has 1 aliphatic rings. The van der Waals surface area contributed by atoms with E-state index in [4.69, 9.17) is 14.7 Å². The Morgan fingerprint density at radius 2 is 1.73 bits per heavy atom. The van der Waals surface area contributed by atoms with Crippen LogP contribution in [0.15, 0.2) is 82.9 Å². The summed E-state index contributed by atoms with van der Waals surface area (Å²) in [7, 11) is 0. The number of carbonyl (C=O) groups excluding carboxylic acids is 1. The van der Waals surface area contributed by atoms with Crippen LogP contribution in [0.3, 0.4) is 0 Å². The number of carbonyl (C=O) groups is 3. The maximum Gasteiger partial charge on any atom is 0.328 e. The third-order valence-corrected chi connectivity index (χ3v) is 5.69. The smallest absolute Gasteiger partial charge is 0.328 e. The number of nitro groups is 1. The molecule has 13 heteroatoms. The molecule has 0 saturated carbocycles. The van der Waals surface area contributed by atoms with Gasteiger partial charge in [-0.05, 0) is 30.5 Å². The van der Waals surface area contributed by atoms with Crippen LogP contribution in [-0.2, 0) is 16.1 Å². The molecule has 0 atom stereocenters. The SMILES string of the molecule is O=C(NCCC1=CCN(Cc2ccccc2)CC1)c1noc(-c2ccc([N+](=O)[O-])cc2)n1.O=C(O)C=CC(=O)O. The van der Waals surface area contributed by atoms with Gasteiger partial charge in [-0.15, -0.1) is 0 Å². The van der Waals surface area contributed by atoms with Crippen LogP contribution < -0.4 is 5.32 Å². The molecule has 0 spiro atoms. The Hall–Kier alpha value is -5.17. The van der Waals surface area contributed by atoms with Crippen molar-refractivity contribution in [2.75, 3.05) is 19.6 Å². The summed E-state index contributed by atoms with van der Waals surface area (Å²) in [6.45, 7) is 3.33. The largest absolute Gasteiger partial charge is 0.478 e. The first-order valence-corrected chi connectivity index (χ1v) is 12.2. The van der Waals surface area contributed by atoms with Gasteiger partial charge in [-0.2, -0.15) is 4.98 Å². The van der Waals surface area contributed by atoms with E-state index in [0.29, 0.717) is 24.3 Å². The quantitative estimate of drug-likeness (QED) is 0.146. The van der Waals surface area contributed by atoms with E-state index < -0.39 is 22.8 Å². The Balaban J connectivity index is 0.000000482. The van der Waals surface area contributed by atoms with Crippen molar-refractivity contribution in [2.45, 2.75) is 19.4 Å². The fraction of sp³-hybridized carbons (Fsp3) is 0.222. The molecule has 0 radical (unpaired) electrons. The van der Waals surface area contributed by atoms with E-state index in [9.17, 15) is 24.5 Å². The molecule has 2 aromatic carbocycles. The van der Waals surface area contributed by atoms with E-state index in [2.05, 4.69) is 50.7 Å². The number of nitrogens with one attached hydrogen (secondary N) is 1. The van der Waals surface area contributed by atoms with Crippen LogP contribution in [0.4, 0.5) is 5.69 Å². The lowest BCUT2D eigenvalue weighted by molar-refractivity contribution is -0.384. The molecule has 1 aliphatic heterocycles. The first-order valence-electron chi connectivity index (χ1n) is 12.2. The fourth-order valence-electron chi connectivity index (χ4n) is 3.68. The fourth-order valence-corrected chi connectivity index (χ4v) is 3.68. The zero-order valence-electron chi connectivity index (χ0n) is 21.3. The molecule has 13 nitrogen and oxygen atoms in total. The molecule has 0 bridgehead atoms. The molecular formula is C27H27N5O8. The molecule has 40 heavy (non-hydrogen) atoms. The summed E-state index contributed by atoms with van der Waals surface area (Å²) in [6.07, 6.45) is 5.11. The van der Waals surface area contributed by atoms with Gasteiger partial charge in [0.15, 0.2) is 0 Å². The Labute approximate surface area is 228 Å². The average Bonchev–Trinajstić information content (AvgIpc) is 3.44. The minimum absolute atomic E-state index is 0.0357. The molecule has 2 heterocycles. The van der Waals surface area contributed by atoms with E-state index >= 15 is 0 Å². The Morgan fingerprint density at radius 1 is 1.05 bits per heavy atom. The Bertz CT molecular complexity index is 1370. The monoisotopic (exact) mass is 549 g/mol. The second-order valence-corrected chi connectivity index (χ2v) is 8.58. The number of aromatic nitrogens is 2. The highest BCUT2D eigenvalue weighted by molar-refractivity contribution is 5.90. The highest BCUT2D eigenvalue weighted by Crippen LogP contribution is 2.21. The maximum atomic E-state index is 12.3. The summed E-state index contributed by atoms with van der Waals surface area (Å²) in [5.74, 6) is -2.85. The number of benzene rings is 2. The number of amides is 1. The van der Waals surface area contributed by atoms with Crippen LogP contribution in [0.2, 0.25) is 0 Å². The number of hydrogen-bond donors (Lipinski definition) is 3. The molecule has 0 unspecified atom stereocenters. The van der Waals surface area contributed by atoms with Crippen LogP contribution in [0.5, 0.6) is 0 Å². The number of carboxylic acids is 2. The maximum absolute atomic E-state index is 12.3. The molecule has 3 N–H and O–H groups in total. The topological polar surface area (TPSA) is 189 Å². The van der Waals surface area contributed by atoms with Gasteiger partial charge in [0.1, 0.15) is 0 Å². The van der Waals surface area contributed by atoms with Crippen LogP contribution >= 0.6 is 0 Å². The Morgan fingerprint density at radius 3 is 2.30 bits per heavy atom. The van der Waals surface area contributed by atoms with Crippen LogP contribution in [0, 0.1) is 10.1 Å². The predicted octanol–water partition coefficient (Wildman–Crippen LogP) is 3.31. The van der Waals surface area contributed by atoms with E-state index in [-0.39, 0.29) is 17.4 Å². The number of hydrogen-bond acceptors (Lipinski definition) is 9. The predicted molar refractivity (Wildman–Crippen MR) is 142 cm³/mol. The molecule has 0 fully saturated rings. The minimum atomic E-state index is -1.26. The van der Waals surface area contributed by atoms with Gasteiger partial charge in [0.05, 0.1) is 4.92 Å². The zero-order valence-corrected chi connectivity index (χ0v) is 21.3. The van der Waals surface area contributed by atoms with Gasteiger partial charge in [-0.3, -0.25) is 19.8 Å². The standard InChI is InChI=1S/C23H23N5O4.C4H4O4/c29-22(21-25-23(32-26-21)19-6-8-20(9-7-19)28(30)31)24-13-10-17-11-14-27(15-12-17)16-18-4-2-1-3-5-18;5-3(6)1-2-4(7)8/h1-9,11H,10,12-16H2,(H,24,29);1-2H,(H,5,6)(H,7,8). The van der Waals surface area contributed by atoms with Crippen molar-refractivity contribution in [3.63, 3.8) is 0 Å². The summed E-state index contributed by atoms with van der Waals surface area (Å²) < 4.78 is 5.12. The van der Waals surface area contributed by atoms with Gasteiger partial charge in [0.2, 0.25) is 0 Å². The molecule has 0 saturated heterocycles. The van der Waals surface area contributed by atoms with Gasteiger partial charge in [0.25, 0.3) is 23.3 Å². The number of non-ortho nitro benzene ring substituents is 1. The Kier molecular flexibility index (Phi) is 10.8. The lowest BCUT2D eigenvalue weighted by Gasteiger charge is -2.26. The lowest BCUT2D eigenvalue weighted by atomic mass is 10.0. The first-order chi connectivity index (χ1) is 19.2. The van der Waals surface area contributed by atoms with Gasteiger partial charge in [-0.1, -0.05) is 47.1 Å². The highest BCUT2D eigenvalue weighted by atomic mass is 16.6. The highest BCUT2D eigenvalue weighted by Gasteiger charge is 2.17. The second kappa shape index (κ2) is 14.7. The summed E-state index contributed by atoms with van der Waals surface area (Å²) in [4.78, 5) is 48.2. The van der Waals surface area contributed by atoms with E-state index in [0.717, 1.165) is 32.5 Å². The van der Waals surface area contributed by atoms with Crippen LogP contribution in [0.25, 0.3) is 11.5 Å². The van der Waals surface area contributed by atoms with Crippen LogP contribution in [-0.4, -0.2) is 67.7 Å². The van der Waals surface area contributed by atoms with Crippen molar-refractivity contribution < 1.29 is 34.0 Å². The summed E-state index contributed by atoms with van der Waals surface area (Å²) in [6, 6.07) is 16.1. The lowest BCUT2D eigenvalue weighted by Crippen LogP contribution is -2.30. The molecule has 0 aliphatic carbocycles. The van der Waals surface area contributed by atoms with Crippen molar-refractivity contribution in [3.8, 4) is 11.5 Å². The summed E-state index contributed by atoms with van der Waals surface area (Å²) in [5, 5.41) is 32.9. The normalized spacial score (nSPS) is 13.2. The van der Waals surface area contributed by atoms with E-state index in [1.807, 2.05) is 6.07 Å². The molecule has 1 aromatic heterocycles. The number of nitrogens with zero attached hydrogens (tertiary/aromatic N) is 4. The van der Waals surface area contributed by atoms with Crippen molar-refractivity contribution in [2.24, 2.45) is 0 Å². The van der Waals surface area contributed by atoms with Crippen LogP contribution in [0.1, 0.15) is 29.0 Å². The molecule has 3 aromatic rings. The third-order valence-electron chi connectivity index (χ3n) is 5.69. The van der Waals surface area contributed by atoms with Crippen molar-refractivity contribution >= 4 is 23.5 Å². The molecule has 4 rings (SSSR count). The number of aliphatic carboxylic acids is 2. The molecule has 1 amide bonds. The van der Waals surface area contributed by atoms with Crippen molar-refractivity contribution in [3.05, 3.63) is 99.9 Å². The molecular weight excluding hydrogens is 522 g/mol. The third kappa shape index (κ3) is 9.61. The average molecular weight is 550 g/mol. The summed E-state index contributed by atoms with van der Waals surface area (Å²) >= 11 is 0. The van der Waals surface area contributed by atoms with Crippen molar-refractivity contribution in [1.82, 2.24) is 20.4 Å². The zero-order chi connectivity index (χ0) is 28.9. The number of nitro benzene ring substituents is 1. The van der Waals surface area contributed by atoms with Gasteiger partial charge < -0.3 is 20.1 Å². The number of rotatable bonds is 10. The molecule has 208 valence electrons. The second-order valence-electron chi connectivity index (χ2n) is 8.58.